The summed E-state index contributed by atoms with van der Waals surface area (Å²) in [6.45, 7) is 2.13. The highest BCUT2D eigenvalue weighted by atomic mass is 32.1. The lowest BCUT2D eigenvalue weighted by Crippen LogP contribution is -2.41. The topological polar surface area (TPSA) is 38.3 Å². The normalized spacial score (nSPS) is 11.6. The van der Waals surface area contributed by atoms with E-state index in [9.17, 15) is 4.79 Å². The number of esters is 1. The molecule has 0 aliphatic rings. The summed E-state index contributed by atoms with van der Waals surface area (Å²) in [5, 5.41) is 2.83. The van der Waals surface area contributed by atoms with Crippen LogP contribution in [0.15, 0.2) is 30.3 Å². The predicted molar refractivity (Wildman–Crippen MR) is 75.3 cm³/mol. The van der Waals surface area contributed by atoms with Crippen LogP contribution in [0.3, 0.4) is 0 Å². The van der Waals surface area contributed by atoms with E-state index in [1.54, 1.807) is 6.92 Å². The fourth-order valence-electron chi connectivity index (χ4n) is 1.43. The molecule has 0 radical (unpaired) electrons. The van der Waals surface area contributed by atoms with Crippen LogP contribution < -0.4 is 5.32 Å². The Morgan fingerprint density at radius 2 is 2.12 bits per heavy atom. The molecule has 1 aromatic rings. The SMILES string of the molecule is CCOC(=O)C(Cc1ccccc1)NC(=S)S. The maximum absolute atomic E-state index is 11.7. The molecule has 0 aliphatic heterocycles. The first kappa shape index (κ1) is 14.0. The van der Waals surface area contributed by atoms with Crippen molar-refractivity contribution in [1.29, 1.82) is 0 Å². The molecule has 0 bridgehead atoms. The van der Waals surface area contributed by atoms with E-state index >= 15 is 0 Å². The molecule has 0 fully saturated rings. The zero-order valence-electron chi connectivity index (χ0n) is 9.55. The van der Waals surface area contributed by atoms with Gasteiger partial charge in [0, 0.05) is 6.42 Å². The molecule has 0 spiro atoms. The summed E-state index contributed by atoms with van der Waals surface area (Å²) < 4.78 is 5.27. The number of nitrogens with one attached hydrogen (secondary N) is 1. The van der Waals surface area contributed by atoms with Gasteiger partial charge in [0.25, 0.3) is 0 Å². The number of thiol groups is 1. The van der Waals surface area contributed by atoms with Crippen LogP contribution >= 0.6 is 24.8 Å². The van der Waals surface area contributed by atoms with Crippen LogP contribution in [0.25, 0.3) is 0 Å². The quantitative estimate of drug-likeness (QED) is 0.487. The molecule has 0 heterocycles. The Bertz CT molecular complexity index is 381. The number of carbonyl (C=O) groups excluding carboxylic acids is 1. The van der Waals surface area contributed by atoms with Gasteiger partial charge in [-0.05, 0) is 12.5 Å². The molecule has 1 N–H and O–H groups in total. The molecular formula is C12H15NO2S2. The summed E-state index contributed by atoms with van der Waals surface area (Å²) in [5.41, 5.74) is 1.04. The number of rotatable bonds is 5. The molecule has 1 unspecified atom stereocenters. The molecule has 92 valence electrons. The van der Waals surface area contributed by atoms with Crippen LogP contribution in [0.4, 0.5) is 0 Å². The van der Waals surface area contributed by atoms with Crippen molar-refractivity contribution in [3.8, 4) is 0 Å². The van der Waals surface area contributed by atoms with Crippen molar-refractivity contribution >= 4 is 35.1 Å². The molecule has 0 aliphatic carbocycles. The standard InChI is InChI=1S/C12H15NO2S2/c1-2-15-11(14)10(13-12(16)17)8-9-6-4-3-5-7-9/h3-7,10H,2,8H2,1H3,(H2,13,16,17). The van der Waals surface area contributed by atoms with Crippen molar-refractivity contribution in [2.45, 2.75) is 19.4 Å². The molecular weight excluding hydrogens is 254 g/mol. The van der Waals surface area contributed by atoms with Gasteiger partial charge in [-0.15, -0.1) is 12.6 Å². The molecule has 17 heavy (non-hydrogen) atoms. The van der Waals surface area contributed by atoms with Gasteiger partial charge in [0.1, 0.15) is 10.4 Å². The molecule has 0 saturated heterocycles. The maximum Gasteiger partial charge on any atom is 0.328 e. The largest absolute Gasteiger partial charge is 0.464 e. The Balaban J connectivity index is 2.70. The van der Waals surface area contributed by atoms with E-state index in [1.165, 1.54) is 0 Å². The van der Waals surface area contributed by atoms with Gasteiger partial charge in [-0.3, -0.25) is 0 Å². The van der Waals surface area contributed by atoms with Gasteiger partial charge in [0.2, 0.25) is 0 Å². The van der Waals surface area contributed by atoms with Crippen molar-refractivity contribution < 1.29 is 9.53 Å². The lowest BCUT2D eigenvalue weighted by atomic mass is 10.1. The number of hydrogen-bond acceptors (Lipinski definition) is 3. The van der Waals surface area contributed by atoms with E-state index in [0.717, 1.165) is 5.56 Å². The Morgan fingerprint density at radius 3 is 2.65 bits per heavy atom. The highest BCUT2D eigenvalue weighted by Crippen LogP contribution is 2.05. The van der Waals surface area contributed by atoms with Crippen LogP contribution in [0.2, 0.25) is 0 Å². The fraction of sp³-hybridized carbons (Fsp3) is 0.333. The third kappa shape index (κ3) is 5.19. The summed E-state index contributed by atoms with van der Waals surface area (Å²) in [7, 11) is 0. The van der Waals surface area contributed by atoms with Gasteiger partial charge in [0.05, 0.1) is 6.61 Å². The van der Waals surface area contributed by atoms with Gasteiger partial charge < -0.3 is 10.1 Å². The van der Waals surface area contributed by atoms with E-state index in [2.05, 4.69) is 17.9 Å². The predicted octanol–water partition coefficient (Wildman–Crippen LogP) is 1.97. The first-order chi connectivity index (χ1) is 8.13. The number of thiocarbonyl (C=S) groups is 1. The van der Waals surface area contributed by atoms with Gasteiger partial charge in [-0.2, -0.15) is 0 Å². The lowest BCUT2D eigenvalue weighted by Gasteiger charge is -2.17. The molecule has 1 rings (SSSR count). The highest BCUT2D eigenvalue weighted by molar-refractivity contribution is 8.11. The van der Waals surface area contributed by atoms with Gasteiger partial charge in [-0.1, -0.05) is 42.5 Å². The van der Waals surface area contributed by atoms with Crippen molar-refractivity contribution in [2.75, 3.05) is 6.61 Å². The van der Waals surface area contributed by atoms with E-state index in [1.807, 2.05) is 30.3 Å². The Morgan fingerprint density at radius 1 is 1.47 bits per heavy atom. The van der Waals surface area contributed by atoms with E-state index in [4.69, 9.17) is 17.0 Å². The molecule has 1 atom stereocenters. The number of ether oxygens (including phenoxy) is 1. The molecule has 0 aromatic heterocycles. The lowest BCUT2D eigenvalue weighted by molar-refractivity contribution is -0.145. The second-order valence-electron chi connectivity index (χ2n) is 3.44. The first-order valence-corrected chi connectivity index (χ1v) is 6.19. The monoisotopic (exact) mass is 269 g/mol. The minimum Gasteiger partial charge on any atom is -0.464 e. The minimum atomic E-state index is -0.484. The van der Waals surface area contributed by atoms with Crippen LogP contribution in [0.1, 0.15) is 12.5 Å². The van der Waals surface area contributed by atoms with Crippen molar-refractivity contribution in [2.24, 2.45) is 0 Å². The third-order valence-corrected chi connectivity index (χ3v) is 2.40. The zero-order chi connectivity index (χ0) is 12.7. The number of hydrogen-bond donors (Lipinski definition) is 2. The minimum absolute atomic E-state index is 0.291. The number of benzene rings is 1. The van der Waals surface area contributed by atoms with Crippen molar-refractivity contribution in [3.63, 3.8) is 0 Å². The highest BCUT2D eigenvalue weighted by Gasteiger charge is 2.20. The van der Waals surface area contributed by atoms with E-state index in [0.29, 0.717) is 17.3 Å². The average molecular weight is 269 g/mol. The fourth-order valence-corrected chi connectivity index (χ4v) is 1.73. The third-order valence-electron chi connectivity index (χ3n) is 2.15. The smallest absolute Gasteiger partial charge is 0.328 e. The Hall–Kier alpha value is -1.07. The zero-order valence-corrected chi connectivity index (χ0v) is 11.3. The molecule has 0 amide bonds. The van der Waals surface area contributed by atoms with Crippen LogP contribution in [-0.4, -0.2) is 22.9 Å². The molecule has 5 heteroatoms. The second kappa shape index (κ2) is 7.29. The summed E-state index contributed by atoms with van der Waals surface area (Å²) in [6, 6.07) is 9.21. The second-order valence-corrected chi connectivity index (χ2v) is 4.60. The summed E-state index contributed by atoms with van der Waals surface area (Å²) in [6.07, 6.45) is 0.528. The first-order valence-electron chi connectivity index (χ1n) is 5.33. The van der Waals surface area contributed by atoms with Crippen LogP contribution in [0.5, 0.6) is 0 Å². The molecule has 0 saturated carbocycles. The Kier molecular flexibility index (Phi) is 6.00. The van der Waals surface area contributed by atoms with Crippen molar-refractivity contribution in [1.82, 2.24) is 5.32 Å². The summed E-state index contributed by atoms with van der Waals surface area (Å²) in [5.74, 6) is -0.312. The molecule has 1 aromatic carbocycles. The summed E-state index contributed by atoms with van der Waals surface area (Å²) >= 11 is 8.82. The van der Waals surface area contributed by atoms with E-state index in [-0.39, 0.29) is 5.97 Å². The van der Waals surface area contributed by atoms with Gasteiger partial charge in [-0.25, -0.2) is 4.79 Å². The van der Waals surface area contributed by atoms with Crippen molar-refractivity contribution in [3.05, 3.63) is 35.9 Å². The Labute approximate surface area is 112 Å². The maximum atomic E-state index is 11.7. The number of carbonyl (C=O) groups is 1. The average Bonchev–Trinajstić information content (AvgIpc) is 2.29. The summed E-state index contributed by atoms with van der Waals surface area (Å²) in [4.78, 5) is 11.7. The van der Waals surface area contributed by atoms with Gasteiger partial charge >= 0.3 is 5.97 Å². The van der Waals surface area contributed by atoms with Crippen LogP contribution in [-0.2, 0) is 16.0 Å². The van der Waals surface area contributed by atoms with Gasteiger partial charge in [0.15, 0.2) is 0 Å². The van der Waals surface area contributed by atoms with Crippen LogP contribution in [0, 0.1) is 0 Å². The van der Waals surface area contributed by atoms with E-state index < -0.39 is 6.04 Å². The molecule has 3 nitrogen and oxygen atoms in total.